The van der Waals surface area contributed by atoms with Gasteiger partial charge >= 0.3 is 5.97 Å². The number of carbonyl (C=O) groups is 2. The van der Waals surface area contributed by atoms with Gasteiger partial charge in [0.2, 0.25) is 5.88 Å². The number of aromatic hydroxyl groups is 1. The van der Waals surface area contributed by atoms with Crippen molar-refractivity contribution < 1.29 is 28.6 Å². The van der Waals surface area contributed by atoms with Crippen LogP contribution in [0.25, 0.3) is 5.69 Å². The van der Waals surface area contributed by atoms with Crippen molar-refractivity contribution >= 4 is 11.9 Å². The van der Waals surface area contributed by atoms with Gasteiger partial charge in [-0.25, -0.2) is 8.78 Å². The Morgan fingerprint density at radius 3 is 2.64 bits per heavy atom. The number of hydrogen-bond donors (Lipinski definition) is 3. The molecule has 144 valence electrons. The fourth-order valence-corrected chi connectivity index (χ4v) is 2.55. The summed E-state index contributed by atoms with van der Waals surface area (Å²) in [5.41, 5.74) is -0.0701. The van der Waals surface area contributed by atoms with Crippen molar-refractivity contribution in [1.29, 1.82) is 0 Å². The molecule has 0 saturated carbocycles. The number of nitrogens with one attached hydrogen (secondary N) is 1. The van der Waals surface area contributed by atoms with E-state index in [0.29, 0.717) is 11.6 Å². The van der Waals surface area contributed by atoms with Crippen LogP contribution in [0.2, 0.25) is 0 Å². The van der Waals surface area contributed by atoms with E-state index in [1.54, 1.807) is 12.1 Å². The number of rotatable bonds is 6. The molecule has 0 aliphatic rings. The average molecular weight is 388 g/mol. The van der Waals surface area contributed by atoms with Gasteiger partial charge in [0.1, 0.15) is 11.5 Å². The van der Waals surface area contributed by atoms with Crippen molar-refractivity contribution in [3.8, 4) is 11.6 Å². The minimum absolute atomic E-state index is 0.257. The summed E-state index contributed by atoms with van der Waals surface area (Å²) in [7, 11) is 0. The van der Waals surface area contributed by atoms with E-state index >= 15 is 0 Å². The van der Waals surface area contributed by atoms with Crippen LogP contribution in [0.4, 0.5) is 8.78 Å². The monoisotopic (exact) mass is 388 g/mol. The molecular weight excluding hydrogens is 374 g/mol. The van der Waals surface area contributed by atoms with Crippen molar-refractivity contribution in [2.45, 2.75) is 12.5 Å². The van der Waals surface area contributed by atoms with Crippen LogP contribution >= 0.6 is 0 Å². The number of nitrogens with zero attached hydrogens (tertiary/aromatic N) is 3. The zero-order valence-corrected chi connectivity index (χ0v) is 14.2. The number of carboxylic acids is 1. The van der Waals surface area contributed by atoms with Gasteiger partial charge in [0.25, 0.3) is 5.91 Å². The lowest BCUT2D eigenvalue weighted by molar-refractivity contribution is -0.137. The third-order valence-electron chi connectivity index (χ3n) is 3.83. The van der Waals surface area contributed by atoms with Gasteiger partial charge in [-0.2, -0.15) is 9.78 Å². The summed E-state index contributed by atoms with van der Waals surface area (Å²) in [4.78, 5) is 27.5. The van der Waals surface area contributed by atoms with E-state index < -0.39 is 41.9 Å². The molecule has 0 aliphatic heterocycles. The number of aliphatic carboxylic acids is 1. The fraction of sp³-hybridized carbons (Fsp3) is 0.111. The number of benzene rings is 1. The van der Waals surface area contributed by atoms with Gasteiger partial charge < -0.3 is 15.5 Å². The maximum absolute atomic E-state index is 13.9. The number of hydrogen-bond acceptors (Lipinski definition) is 5. The van der Waals surface area contributed by atoms with Crippen LogP contribution in [0, 0.1) is 11.6 Å². The second kappa shape index (κ2) is 7.82. The number of halogens is 2. The molecule has 0 unspecified atom stereocenters. The van der Waals surface area contributed by atoms with E-state index in [4.69, 9.17) is 5.11 Å². The molecule has 1 aromatic carbocycles. The lowest BCUT2D eigenvalue weighted by atomic mass is 10.1. The Bertz CT molecular complexity index is 1020. The Hall–Kier alpha value is -3.82. The maximum Gasteiger partial charge on any atom is 0.305 e. The first-order valence-corrected chi connectivity index (χ1v) is 8.02. The van der Waals surface area contributed by atoms with E-state index in [-0.39, 0.29) is 11.4 Å². The molecule has 0 aliphatic carbocycles. The van der Waals surface area contributed by atoms with Gasteiger partial charge in [-0.15, -0.1) is 0 Å². The Labute approximate surface area is 157 Å². The minimum atomic E-state index is -1.14. The Morgan fingerprint density at radius 1 is 1.21 bits per heavy atom. The predicted molar refractivity (Wildman–Crippen MR) is 91.8 cm³/mol. The highest BCUT2D eigenvalue weighted by molar-refractivity contribution is 5.93. The number of pyridine rings is 1. The topological polar surface area (TPSA) is 117 Å². The van der Waals surface area contributed by atoms with Crippen molar-refractivity contribution in [1.82, 2.24) is 20.1 Å². The lowest BCUT2D eigenvalue weighted by Crippen LogP contribution is -2.30. The zero-order chi connectivity index (χ0) is 20.3. The summed E-state index contributed by atoms with van der Waals surface area (Å²) in [6, 6.07) is 5.93. The van der Waals surface area contributed by atoms with Crippen LogP contribution in [0.5, 0.6) is 5.88 Å². The normalized spacial score (nSPS) is 11.8. The van der Waals surface area contributed by atoms with Gasteiger partial charge in [-0.3, -0.25) is 14.6 Å². The second-order valence-corrected chi connectivity index (χ2v) is 5.81. The van der Waals surface area contributed by atoms with Crippen molar-refractivity contribution in [3.63, 3.8) is 0 Å². The van der Waals surface area contributed by atoms with E-state index in [0.717, 1.165) is 22.9 Å². The summed E-state index contributed by atoms with van der Waals surface area (Å²) >= 11 is 0. The van der Waals surface area contributed by atoms with Gasteiger partial charge in [0, 0.05) is 24.5 Å². The highest BCUT2D eigenvalue weighted by atomic mass is 19.1. The summed E-state index contributed by atoms with van der Waals surface area (Å²) < 4.78 is 27.7. The molecule has 10 heteroatoms. The number of carboxylic acid groups (broad SMARTS) is 1. The molecule has 0 radical (unpaired) electrons. The molecule has 0 fully saturated rings. The predicted octanol–water partition coefficient (Wildman–Crippen LogP) is 2.20. The number of carbonyl (C=O) groups excluding carboxylic acids is 1. The van der Waals surface area contributed by atoms with Crippen LogP contribution in [-0.2, 0) is 4.79 Å². The summed E-state index contributed by atoms with van der Waals surface area (Å²) in [5, 5.41) is 25.4. The second-order valence-electron chi connectivity index (χ2n) is 5.81. The van der Waals surface area contributed by atoms with Gasteiger partial charge in [0.15, 0.2) is 11.5 Å². The first-order chi connectivity index (χ1) is 13.3. The van der Waals surface area contributed by atoms with Crippen molar-refractivity contribution in [2.75, 3.05) is 0 Å². The molecule has 0 saturated heterocycles. The molecule has 0 bridgehead atoms. The molecule has 0 spiro atoms. The minimum Gasteiger partial charge on any atom is -0.493 e. The smallest absolute Gasteiger partial charge is 0.305 e. The maximum atomic E-state index is 13.9. The largest absolute Gasteiger partial charge is 0.493 e. The lowest BCUT2D eigenvalue weighted by Gasteiger charge is -2.16. The molecule has 3 rings (SSSR count). The van der Waals surface area contributed by atoms with Crippen LogP contribution in [0.1, 0.15) is 28.5 Å². The number of amides is 1. The Morgan fingerprint density at radius 2 is 2.00 bits per heavy atom. The first kappa shape index (κ1) is 19.0. The first-order valence-electron chi connectivity index (χ1n) is 8.02. The quantitative estimate of drug-likeness (QED) is 0.596. The summed E-state index contributed by atoms with van der Waals surface area (Å²) in [5.74, 6) is -4.27. The molecular formula is C18H14F2N4O4. The van der Waals surface area contributed by atoms with Crippen LogP contribution in [0.3, 0.4) is 0 Å². The van der Waals surface area contributed by atoms with Crippen LogP contribution in [0.15, 0.2) is 48.8 Å². The number of aromatic nitrogens is 3. The molecule has 3 N–H and O–H groups in total. The molecule has 2 heterocycles. The standard InChI is InChI=1S/C18H14F2N4O4/c19-11-3-4-15(12(20)6-11)24-16(25)7-14(23-24)18(28)22-13(8-17(26)27)10-2-1-5-21-9-10/h1-7,9,13,25H,8H2,(H,22,28)(H,26,27)/t13-/m0/s1. The molecule has 1 atom stereocenters. The molecule has 2 aromatic heterocycles. The SMILES string of the molecule is O=C(O)C[C@H](NC(=O)c1cc(O)n(-c2ccc(F)cc2F)n1)c1cccnc1. The molecule has 3 aromatic rings. The molecule has 8 nitrogen and oxygen atoms in total. The van der Waals surface area contributed by atoms with Crippen LogP contribution in [-0.4, -0.2) is 36.9 Å². The van der Waals surface area contributed by atoms with Gasteiger partial charge in [0.05, 0.1) is 12.5 Å². The van der Waals surface area contributed by atoms with Gasteiger partial charge in [-0.05, 0) is 23.8 Å². The highest BCUT2D eigenvalue weighted by Gasteiger charge is 2.22. The van der Waals surface area contributed by atoms with Gasteiger partial charge in [-0.1, -0.05) is 6.07 Å². The van der Waals surface area contributed by atoms with E-state index in [9.17, 15) is 23.5 Å². The fourth-order valence-electron chi connectivity index (χ4n) is 2.55. The summed E-state index contributed by atoms with van der Waals surface area (Å²) in [6.45, 7) is 0. The van der Waals surface area contributed by atoms with E-state index in [2.05, 4.69) is 15.4 Å². The van der Waals surface area contributed by atoms with Crippen LogP contribution < -0.4 is 5.32 Å². The summed E-state index contributed by atoms with van der Waals surface area (Å²) in [6.07, 6.45) is 2.51. The zero-order valence-electron chi connectivity index (χ0n) is 14.2. The highest BCUT2D eigenvalue weighted by Crippen LogP contribution is 2.22. The van der Waals surface area contributed by atoms with Crippen molar-refractivity contribution in [3.05, 3.63) is 71.7 Å². The third kappa shape index (κ3) is 4.11. The average Bonchev–Trinajstić information content (AvgIpc) is 3.03. The Balaban J connectivity index is 1.87. The van der Waals surface area contributed by atoms with E-state index in [1.807, 2.05) is 0 Å². The van der Waals surface area contributed by atoms with Crippen molar-refractivity contribution in [2.24, 2.45) is 0 Å². The molecule has 1 amide bonds. The Kier molecular flexibility index (Phi) is 5.30. The van der Waals surface area contributed by atoms with E-state index in [1.165, 1.54) is 12.4 Å². The molecule has 28 heavy (non-hydrogen) atoms. The third-order valence-corrected chi connectivity index (χ3v) is 3.83.